The summed E-state index contributed by atoms with van der Waals surface area (Å²) in [5.74, 6) is -0.218. The van der Waals surface area contributed by atoms with Crippen LogP contribution in [0.15, 0.2) is 18.2 Å². The molecule has 3 heteroatoms. The molecule has 0 aliphatic carbocycles. The predicted molar refractivity (Wildman–Crippen MR) is 51.8 cm³/mol. The molecule has 0 bridgehead atoms. The summed E-state index contributed by atoms with van der Waals surface area (Å²) in [5, 5.41) is 0. The Morgan fingerprint density at radius 1 is 1.46 bits per heavy atom. The third-order valence-electron chi connectivity index (χ3n) is 2.14. The second-order valence-electron chi connectivity index (χ2n) is 3.04. The molecule has 0 spiro atoms. The van der Waals surface area contributed by atoms with Gasteiger partial charge in [-0.05, 0) is 29.7 Å². The highest BCUT2D eigenvalue weighted by Crippen LogP contribution is 2.17. The number of hydrogen-bond acceptors (Lipinski definition) is 2. The van der Waals surface area contributed by atoms with Crippen molar-refractivity contribution in [3.8, 4) is 0 Å². The molecule has 0 aliphatic heterocycles. The van der Waals surface area contributed by atoms with E-state index in [2.05, 4.69) is 0 Å². The summed E-state index contributed by atoms with van der Waals surface area (Å²) >= 11 is 0. The molecule has 0 fully saturated rings. The zero-order chi connectivity index (χ0) is 9.84. The fourth-order valence-electron chi connectivity index (χ4n) is 1.37. The van der Waals surface area contributed by atoms with E-state index < -0.39 is 0 Å². The van der Waals surface area contributed by atoms with Crippen LogP contribution in [0, 0.1) is 5.82 Å². The molecule has 4 N–H and O–H groups in total. The summed E-state index contributed by atoms with van der Waals surface area (Å²) in [4.78, 5) is 0. The van der Waals surface area contributed by atoms with E-state index in [9.17, 15) is 4.39 Å². The monoisotopic (exact) mass is 182 g/mol. The van der Waals surface area contributed by atoms with Gasteiger partial charge in [0.15, 0.2) is 0 Å². The highest BCUT2D eigenvalue weighted by Gasteiger charge is 2.08. The maximum absolute atomic E-state index is 12.8. The molecule has 0 saturated heterocycles. The molecule has 0 amide bonds. The lowest BCUT2D eigenvalue weighted by Crippen LogP contribution is -2.22. The van der Waals surface area contributed by atoms with E-state index in [1.54, 1.807) is 6.07 Å². The van der Waals surface area contributed by atoms with Gasteiger partial charge in [-0.25, -0.2) is 4.39 Å². The molecule has 1 atom stereocenters. The standard InChI is InChI=1S/C10H15FN2/c1-2-7-5-8(11)3-4-9(7)10(13)6-12/h3-5,10H,2,6,12-13H2,1H3/t10-/m1/s1. The molecule has 1 aromatic carbocycles. The highest BCUT2D eigenvalue weighted by atomic mass is 19.1. The topological polar surface area (TPSA) is 52.0 Å². The Morgan fingerprint density at radius 3 is 2.69 bits per heavy atom. The fourth-order valence-corrected chi connectivity index (χ4v) is 1.37. The van der Waals surface area contributed by atoms with Gasteiger partial charge in [0.25, 0.3) is 0 Å². The van der Waals surface area contributed by atoms with Gasteiger partial charge < -0.3 is 11.5 Å². The number of rotatable bonds is 3. The van der Waals surface area contributed by atoms with Gasteiger partial charge in [0.2, 0.25) is 0 Å². The Hall–Kier alpha value is -0.930. The molecule has 0 heterocycles. The molecular formula is C10H15FN2. The van der Waals surface area contributed by atoms with E-state index >= 15 is 0 Å². The molecular weight excluding hydrogens is 167 g/mol. The molecule has 0 radical (unpaired) electrons. The van der Waals surface area contributed by atoms with E-state index in [0.29, 0.717) is 6.54 Å². The van der Waals surface area contributed by atoms with Gasteiger partial charge in [-0.15, -0.1) is 0 Å². The van der Waals surface area contributed by atoms with Crippen LogP contribution in [0.2, 0.25) is 0 Å². The van der Waals surface area contributed by atoms with Crippen molar-refractivity contribution < 1.29 is 4.39 Å². The minimum absolute atomic E-state index is 0.185. The summed E-state index contributed by atoms with van der Waals surface area (Å²) < 4.78 is 12.8. The SMILES string of the molecule is CCc1cc(F)ccc1[C@H](N)CN. The fraction of sp³-hybridized carbons (Fsp3) is 0.400. The summed E-state index contributed by atoms with van der Waals surface area (Å²) in [6.45, 7) is 2.36. The zero-order valence-corrected chi connectivity index (χ0v) is 7.76. The Bertz CT molecular complexity index is 286. The third-order valence-corrected chi connectivity index (χ3v) is 2.14. The first kappa shape index (κ1) is 10.2. The van der Waals surface area contributed by atoms with Crippen molar-refractivity contribution >= 4 is 0 Å². The van der Waals surface area contributed by atoms with E-state index in [1.807, 2.05) is 6.92 Å². The molecule has 1 rings (SSSR count). The van der Waals surface area contributed by atoms with E-state index in [0.717, 1.165) is 17.5 Å². The number of hydrogen-bond donors (Lipinski definition) is 2. The summed E-state index contributed by atoms with van der Waals surface area (Å²) in [5.41, 5.74) is 13.1. The normalized spacial score (nSPS) is 12.9. The lowest BCUT2D eigenvalue weighted by Gasteiger charge is -2.13. The Kier molecular flexibility index (Phi) is 3.39. The quantitative estimate of drug-likeness (QED) is 0.741. The number of aryl methyl sites for hydroxylation is 1. The average Bonchev–Trinajstić information content (AvgIpc) is 2.16. The lowest BCUT2D eigenvalue weighted by atomic mass is 9.99. The summed E-state index contributed by atoms with van der Waals surface area (Å²) in [6.07, 6.45) is 0.779. The predicted octanol–water partition coefficient (Wildman–Crippen LogP) is 1.35. The van der Waals surface area contributed by atoms with Crippen LogP contribution in [0.5, 0.6) is 0 Å². The minimum atomic E-state index is -0.218. The van der Waals surface area contributed by atoms with Gasteiger partial charge in [0.1, 0.15) is 5.82 Å². The Balaban J connectivity index is 3.05. The average molecular weight is 182 g/mol. The van der Waals surface area contributed by atoms with Crippen molar-refractivity contribution in [3.63, 3.8) is 0 Å². The number of nitrogens with two attached hydrogens (primary N) is 2. The maximum Gasteiger partial charge on any atom is 0.123 e. The van der Waals surface area contributed by atoms with Crippen molar-refractivity contribution in [3.05, 3.63) is 35.1 Å². The number of benzene rings is 1. The molecule has 72 valence electrons. The molecule has 2 nitrogen and oxygen atoms in total. The number of halogens is 1. The van der Waals surface area contributed by atoms with Crippen molar-refractivity contribution in [2.75, 3.05) is 6.54 Å². The van der Waals surface area contributed by atoms with Crippen LogP contribution in [0.25, 0.3) is 0 Å². The van der Waals surface area contributed by atoms with Crippen LogP contribution in [-0.4, -0.2) is 6.54 Å². The van der Waals surface area contributed by atoms with E-state index in [4.69, 9.17) is 11.5 Å². The Labute approximate surface area is 77.7 Å². The molecule has 0 saturated carbocycles. The van der Waals surface area contributed by atoms with Gasteiger partial charge in [0, 0.05) is 12.6 Å². The molecule has 1 aromatic rings. The summed E-state index contributed by atoms with van der Waals surface area (Å²) in [7, 11) is 0. The van der Waals surface area contributed by atoms with Gasteiger partial charge in [-0.2, -0.15) is 0 Å². The van der Waals surface area contributed by atoms with Crippen molar-refractivity contribution in [2.45, 2.75) is 19.4 Å². The van der Waals surface area contributed by atoms with Gasteiger partial charge in [0.05, 0.1) is 0 Å². The third kappa shape index (κ3) is 2.26. The van der Waals surface area contributed by atoms with Crippen LogP contribution in [0.1, 0.15) is 24.1 Å². The van der Waals surface area contributed by atoms with Crippen molar-refractivity contribution in [2.24, 2.45) is 11.5 Å². The smallest absolute Gasteiger partial charge is 0.123 e. The molecule has 13 heavy (non-hydrogen) atoms. The molecule has 0 aromatic heterocycles. The van der Waals surface area contributed by atoms with Crippen LogP contribution in [0.4, 0.5) is 4.39 Å². The van der Waals surface area contributed by atoms with E-state index in [1.165, 1.54) is 12.1 Å². The second-order valence-corrected chi connectivity index (χ2v) is 3.04. The Morgan fingerprint density at radius 2 is 2.15 bits per heavy atom. The van der Waals surface area contributed by atoms with Gasteiger partial charge in [-0.1, -0.05) is 13.0 Å². The van der Waals surface area contributed by atoms with Gasteiger partial charge in [-0.3, -0.25) is 0 Å². The first-order valence-electron chi connectivity index (χ1n) is 4.43. The van der Waals surface area contributed by atoms with Crippen LogP contribution < -0.4 is 11.5 Å². The lowest BCUT2D eigenvalue weighted by molar-refractivity contribution is 0.621. The zero-order valence-electron chi connectivity index (χ0n) is 7.76. The summed E-state index contributed by atoms with van der Waals surface area (Å²) in [6, 6.07) is 4.47. The first-order valence-corrected chi connectivity index (χ1v) is 4.43. The van der Waals surface area contributed by atoms with E-state index in [-0.39, 0.29) is 11.9 Å². The maximum atomic E-state index is 12.8. The van der Waals surface area contributed by atoms with Crippen LogP contribution in [-0.2, 0) is 6.42 Å². The van der Waals surface area contributed by atoms with Gasteiger partial charge >= 0.3 is 0 Å². The van der Waals surface area contributed by atoms with Crippen LogP contribution >= 0.6 is 0 Å². The van der Waals surface area contributed by atoms with Crippen molar-refractivity contribution in [1.29, 1.82) is 0 Å². The molecule has 0 unspecified atom stereocenters. The largest absolute Gasteiger partial charge is 0.329 e. The van der Waals surface area contributed by atoms with Crippen LogP contribution in [0.3, 0.4) is 0 Å². The first-order chi connectivity index (χ1) is 6.19. The minimum Gasteiger partial charge on any atom is -0.329 e. The molecule has 0 aliphatic rings. The second kappa shape index (κ2) is 4.35. The highest BCUT2D eigenvalue weighted by molar-refractivity contribution is 5.30. The van der Waals surface area contributed by atoms with Crippen molar-refractivity contribution in [1.82, 2.24) is 0 Å².